The van der Waals surface area contributed by atoms with Gasteiger partial charge in [-0.25, -0.2) is 13.6 Å². The number of halogens is 2. The summed E-state index contributed by atoms with van der Waals surface area (Å²) >= 11 is 0. The maximum Gasteiger partial charge on any atom is 0.319 e. The van der Waals surface area contributed by atoms with Gasteiger partial charge in [-0.05, 0) is 13.0 Å². The van der Waals surface area contributed by atoms with E-state index in [1.165, 1.54) is 12.3 Å². The van der Waals surface area contributed by atoms with E-state index in [1.54, 1.807) is 6.92 Å². The highest BCUT2D eigenvalue weighted by Crippen LogP contribution is 2.08. The summed E-state index contributed by atoms with van der Waals surface area (Å²) in [5.41, 5.74) is 0.960. The van der Waals surface area contributed by atoms with Crippen molar-refractivity contribution in [3.05, 3.63) is 18.0 Å². The van der Waals surface area contributed by atoms with Crippen LogP contribution in [-0.2, 0) is 0 Å². The van der Waals surface area contributed by atoms with Crippen molar-refractivity contribution in [3.8, 4) is 0 Å². The Morgan fingerprint density at radius 1 is 1.60 bits per heavy atom. The van der Waals surface area contributed by atoms with E-state index in [1.807, 2.05) is 5.32 Å². The smallest absolute Gasteiger partial charge is 0.319 e. The number of aromatic nitrogens is 2. The maximum absolute atomic E-state index is 11.7. The highest BCUT2D eigenvalue weighted by atomic mass is 19.3. The Bertz CT molecular complexity index is 345. The lowest BCUT2D eigenvalue weighted by atomic mass is 10.3. The van der Waals surface area contributed by atoms with E-state index in [-0.39, 0.29) is 0 Å². The normalized spacial score (nSPS) is 10.1. The summed E-state index contributed by atoms with van der Waals surface area (Å²) in [7, 11) is 0. The number of rotatable bonds is 3. The van der Waals surface area contributed by atoms with Gasteiger partial charge in [-0.3, -0.25) is 0 Å². The van der Waals surface area contributed by atoms with Crippen molar-refractivity contribution in [3.63, 3.8) is 0 Å². The fourth-order valence-electron chi connectivity index (χ4n) is 0.871. The van der Waals surface area contributed by atoms with E-state index < -0.39 is 19.0 Å². The quantitative estimate of drug-likeness (QED) is 0.797. The molecule has 0 aliphatic heterocycles. The van der Waals surface area contributed by atoms with Crippen LogP contribution in [0.4, 0.5) is 19.3 Å². The summed E-state index contributed by atoms with van der Waals surface area (Å²) in [4.78, 5) is 11.1. The zero-order valence-corrected chi connectivity index (χ0v) is 8.00. The van der Waals surface area contributed by atoms with Crippen LogP contribution < -0.4 is 10.6 Å². The first-order chi connectivity index (χ1) is 7.09. The Morgan fingerprint density at radius 2 is 2.33 bits per heavy atom. The molecule has 82 valence electrons. The predicted octanol–water partition coefficient (Wildman–Crippen LogP) is 1.17. The fraction of sp³-hybridized carbons (Fsp3) is 0.375. The van der Waals surface area contributed by atoms with Gasteiger partial charge in [-0.15, -0.1) is 0 Å². The molecule has 0 atom stereocenters. The molecule has 7 heteroatoms. The van der Waals surface area contributed by atoms with Crippen LogP contribution in [0, 0.1) is 6.92 Å². The minimum Gasteiger partial charge on any atom is -0.332 e. The average Bonchev–Trinajstić information content (AvgIpc) is 2.18. The number of urea groups is 1. The second-order valence-corrected chi connectivity index (χ2v) is 2.76. The maximum atomic E-state index is 11.7. The Labute approximate surface area is 84.9 Å². The number of alkyl halides is 2. The number of hydrogen-bond acceptors (Lipinski definition) is 3. The van der Waals surface area contributed by atoms with Crippen molar-refractivity contribution in [2.45, 2.75) is 13.3 Å². The standard InChI is InChI=1S/C8H10F2N4O/c1-5-6(2-3-12-14-5)13-8(15)11-4-7(9)10/h2-3,7H,4H2,1H3,(H2,11,12,13,15). The summed E-state index contributed by atoms with van der Waals surface area (Å²) in [6.45, 7) is 0.971. The molecule has 0 aliphatic rings. The highest BCUT2D eigenvalue weighted by molar-refractivity contribution is 5.89. The molecule has 2 amide bonds. The molecule has 0 saturated carbocycles. The minimum atomic E-state index is -2.56. The highest BCUT2D eigenvalue weighted by Gasteiger charge is 2.07. The molecule has 1 aromatic rings. The molecule has 0 aliphatic carbocycles. The number of carbonyl (C=O) groups is 1. The first-order valence-electron chi connectivity index (χ1n) is 4.21. The molecule has 0 radical (unpaired) electrons. The van der Waals surface area contributed by atoms with Crippen LogP contribution in [0.5, 0.6) is 0 Å². The SMILES string of the molecule is Cc1nnccc1NC(=O)NCC(F)F. The third-order valence-electron chi connectivity index (χ3n) is 1.57. The molecule has 1 aromatic heterocycles. The Hall–Kier alpha value is -1.79. The van der Waals surface area contributed by atoms with Crippen LogP contribution in [0.15, 0.2) is 12.3 Å². The number of amides is 2. The third kappa shape index (κ3) is 3.84. The number of carbonyl (C=O) groups excluding carboxylic acids is 1. The van der Waals surface area contributed by atoms with Crippen LogP contribution in [0.1, 0.15) is 5.69 Å². The van der Waals surface area contributed by atoms with Gasteiger partial charge in [0.1, 0.15) is 0 Å². The lowest BCUT2D eigenvalue weighted by Gasteiger charge is -2.07. The van der Waals surface area contributed by atoms with Gasteiger partial charge in [0.2, 0.25) is 0 Å². The first kappa shape index (κ1) is 11.3. The van der Waals surface area contributed by atoms with Gasteiger partial charge in [-0.1, -0.05) is 0 Å². The molecule has 0 bridgehead atoms. The zero-order valence-electron chi connectivity index (χ0n) is 8.00. The molecule has 5 nitrogen and oxygen atoms in total. The lowest BCUT2D eigenvalue weighted by molar-refractivity contribution is 0.148. The molecule has 0 saturated heterocycles. The summed E-state index contributed by atoms with van der Waals surface area (Å²) in [6, 6.07) is 0.844. The van der Waals surface area contributed by atoms with E-state index in [0.29, 0.717) is 11.4 Å². The van der Waals surface area contributed by atoms with Gasteiger partial charge < -0.3 is 10.6 Å². The van der Waals surface area contributed by atoms with Gasteiger partial charge in [0.15, 0.2) is 0 Å². The second kappa shape index (κ2) is 5.18. The molecule has 1 rings (SSSR count). The van der Waals surface area contributed by atoms with Crippen LogP contribution in [0.2, 0.25) is 0 Å². The number of nitrogens with one attached hydrogen (secondary N) is 2. The number of nitrogens with zero attached hydrogens (tertiary/aromatic N) is 2. The molecular weight excluding hydrogens is 206 g/mol. The Kier molecular flexibility index (Phi) is 3.90. The van der Waals surface area contributed by atoms with E-state index in [9.17, 15) is 13.6 Å². The van der Waals surface area contributed by atoms with Gasteiger partial charge in [0.25, 0.3) is 6.43 Å². The van der Waals surface area contributed by atoms with Crippen LogP contribution >= 0.6 is 0 Å². The van der Waals surface area contributed by atoms with Crippen molar-refractivity contribution >= 4 is 11.7 Å². The van der Waals surface area contributed by atoms with Crippen LogP contribution in [0.25, 0.3) is 0 Å². The van der Waals surface area contributed by atoms with E-state index in [4.69, 9.17) is 0 Å². The largest absolute Gasteiger partial charge is 0.332 e. The van der Waals surface area contributed by atoms with E-state index in [0.717, 1.165) is 0 Å². The summed E-state index contributed by atoms with van der Waals surface area (Å²) in [6.07, 6.45) is -1.16. The van der Waals surface area contributed by atoms with Crippen LogP contribution in [0.3, 0.4) is 0 Å². The number of anilines is 1. The molecule has 0 fully saturated rings. The third-order valence-corrected chi connectivity index (χ3v) is 1.57. The number of hydrogen-bond donors (Lipinski definition) is 2. The Morgan fingerprint density at radius 3 is 2.93 bits per heavy atom. The summed E-state index contributed by atoms with van der Waals surface area (Å²) in [5, 5.41) is 11.7. The molecule has 0 spiro atoms. The summed E-state index contributed by atoms with van der Waals surface area (Å²) in [5.74, 6) is 0. The summed E-state index contributed by atoms with van der Waals surface area (Å²) < 4.78 is 23.5. The van der Waals surface area contributed by atoms with Gasteiger partial charge in [0.05, 0.1) is 24.1 Å². The fourth-order valence-corrected chi connectivity index (χ4v) is 0.871. The molecular formula is C8H10F2N4O. The zero-order chi connectivity index (χ0) is 11.3. The predicted molar refractivity (Wildman–Crippen MR) is 49.8 cm³/mol. The molecule has 0 aromatic carbocycles. The average molecular weight is 216 g/mol. The topological polar surface area (TPSA) is 66.9 Å². The van der Waals surface area contributed by atoms with E-state index >= 15 is 0 Å². The molecule has 0 unspecified atom stereocenters. The van der Waals surface area contributed by atoms with E-state index in [2.05, 4.69) is 15.5 Å². The van der Waals surface area contributed by atoms with Gasteiger partial charge in [-0.2, -0.15) is 10.2 Å². The minimum absolute atomic E-state index is 0.441. The first-order valence-corrected chi connectivity index (χ1v) is 4.21. The lowest BCUT2D eigenvalue weighted by Crippen LogP contribution is -2.32. The van der Waals surface area contributed by atoms with Crippen molar-refractivity contribution < 1.29 is 13.6 Å². The van der Waals surface area contributed by atoms with Crippen molar-refractivity contribution in [2.75, 3.05) is 11.9 Å². The number of aryl methyl sites for hydroxylation is 1. The Balaban J connectivity index is 2.48. The van der Waals surface area contributed by atoms with Crippen molar-refractivity contribution in [1.29, 1.82) is 0 Å². The molecule has 15 heavy (non-hydrogen) atoms. The molecule has 1 heterocycles. The van der Waals surface area contributed by atoms with Crippen molar-refractivity contribution in [2.24, 2.45) is 0 Å². The monoisotopic (exact) mass is 216 g/mol. The second-order valence-electron chi connectivity index (χ2n) is 2.76. The van der Waals surface area contributed by atoms with Crippen LogP contribution in [-0.4, -0.2) is 29.2 Å². The van der Waals surface area contributed by atoms with Gasteiger partial charge >= 0.3 is 6.03 Å². The van der Waals surface area contributed by atoms with Gasteiger partial charge in [0, 0.05) is 0 Å². The van der Waals surface area contributed by atoms with Crippen molar-refractivity contribution in [1.82, 2.24) is 15.5 Å². The molecule has 2 N–H and O–H groups in total.